The van der Waals surface area contributed by atoms with Gasteiger partial charge in [-0.2, -0.15) is 0 Å². The van der Waals surface area contributed by atoms with Gasteiger partial charge < -0.3 is 15.0 Å². The molecule has 5 heteroatoms. The van der Waals surface area contributed by atoms with E-state index in [0.717, 1.165) is 23.1 Å². The van der Waals surface area contributed by atoms with Crippen molar-refractivity contribution in [3.05, 3.63) is 65.2 Å². The summed E-state index contributed by atoms with van der Waals surface area (Å²) in [7, 11) is 0. The van der Waals surface area contributed by atoms with E-state index in [1.165, 1.54) is 0 Å². The van der Waals surface area contributed by atoms with Crippen molar-refractivity contribution in [2.75, 3.05) is 13.2 Å². The zero-order valence-electron chi connectivity index (χ0n) is 17.2. The van der Waals surface area contributed by atoms with Crippen molar-refractivity contribution >= 4 is 11.8 Å². The molecule has 28 heavy (non-hydrogen) atoms. The predicted octanol–water partition coefficient (Wildman–Crippen LogP) is 3.63. The topological polar surface area (TPSA) is 58.6 Å². The molecule has 2 aromatic rings. The summed E-state index contributed by atoms with van der Waals surface area (Å²) in [6.45, 7) is 8.59. The molecule has 1 N–H and O–H groups in total. The van der Waals surface area contributed by atoms with Crippen LogP contribution in [0.4, 0.5) is 0 Å². The number of hydrogen-bond donors (Lipinski definition) is 1. The van der Waals surface area contributed by atoms with Crippen molar-refractivity contribution in [1.29, 1.82) is 0 Å². The standard InChI is InChI=1S/C23H30N2O3/c1-5-13-24-23(27)19(4)25(15-20-8-6-7-18(3)14-20)22(26)16-28-21-11-9-17(2)10-12-21/h6-12,14,19H,5,13,15-16H2,1-4H3,(H,24,27). The SMILES string of the molecule is CCCNC(=O)C(C)N(Cc1cccc(C)c1)C(=O)COc1ccc(C)cc1. The molecule has 2 rings (SSSR count). The van der Waals surface area contributed by atoms with Gasteiger partial charge in [-0.3, -0.25) is 9.59 Å². The Hall–Kier alpha value is -2.82. The van der Waals surface area contributed by atoms with E-state index in [9.17, 15) is 9.59 Å². The van der Waals surface area contributed by atoms with Gasteiger partial charge in [-0.15, -0.1) is 0 Å². The number of nitrogens with one attached hydrogen (secondary N) is 1. The molecule has 0 aliphatic carbocycles. The molecule has 150 valence electrons. The Labute approximate surface area is 167 Å². The van der Waals surface area contributed by atoms with E-state index in [1.54, 1.807) is 11.8 Å². The highest BCUT2D eigenvalue weighted by molar-refractivity contribution is 5.87. The summed E-state index contributed by atoms with van der Waals surface area (Å²) in [6, 6.07) is 14.9. The number of rotatable bonds is 9. The lowest BCUT2D eigenvalue weighted by molar-refractivity contribution is -0.142. The first-order valence-electron chi connectivity index (χ1n) is 9.73. The highest BCUT2D eigenvalue weighted by Gasteiger charge is 2.26. The fraction of sp³-hybridized carbons (Fsp3) is 0.391. The fourth-order valence-electron chi connectivity index (χ4n) is 2.85. The molecule has 0 aliphatic heterocycles. The van der Waals surface area contributed by atoms with Crippen LogP contribution in [0, 0.1) is 13.8 Å². The van der Waals surface area contributed by atoms with Gasteiger partial charge in [0.2, 0.25) is 5.91 Å². The molecule has 0 aliphatic rings. The van der Waals surface area contributed by atoms with Gasteiger partial charge in [0, 0.05) is 13.1 Å². The van der Waals surface area contributed by atoms with Gasteiger partial charge in [0.25, 0.3) is 5.91 Å². The van der Waals surface area contributed by atoms with E-state index in [1.807, 2.05) is 69.3 Å². The average molecular weight is 383 g/mol. The third-order valence-electron chi connectivity index (χ3n) is 4.54. The smallest absolute Gasteiger partial charge is 0.261 e. The van der Waals surface area contributed by atoms with Crippen molar-refractivity contribution in [2.45, 2.75) is 46.7 Å². The van der Waals surface area contributed by atoms with Crippen LogP contribution in [0.5, 0.6) is 5.75 Å². The summed E-state index contributed by atoms with van der Waals surface area (Å²) in [6.07, 6.45) is 0.848. The molecular formula is C23H30N2O3. The lowest BCUT2D eigenvalue weighted by Gasteiger charge is -2.29. The molecule has 0 saturated carbocycles. The molecule has 2 aromatic carbocycles. The minimum absolute atomic E-state index is 0.111. The first-order valence-corrected chi connectivity index (χ1v) is 9.73. The zero-order valence-corrected chi connectivity index (χ0v) is 17.2. The largest absolute Gasteiger partial charge is 0.484 e. The lowest BCUT2D eigenvalue weighted by Crippen LogP contribution is -2.49. The molecular weight excluding hydrogens is 352 g/mol. The Morgan fingerprint density at radius 1 is 1.07 bits per heavy atom. The van der Waals surface area contributed by atoms with Crippen LogP contribution in [-0.2, 0) is 16.1 Å². The van der Waals surface area contributed by atoms with Crippen molar-refractivity contribution in [3.63, 3.8) is 0 Å². The van der Waals surface area contributed by atoms with Gasteiger partial charge in [0.1, 0.15) is 11.8 Å². The molecule has 2 amide bonds. The number of amides is 2. The van der Waals surface area contributed by atoms with Crippen molar-refractivity contribution in [1.82, 2.24) is 10.2 Å². The number of carbonyl (C=O) groups excluding carboxylic acids is 2. The Morgan fingerprint density at radius 3 is 2.43 bits per heavy atom. The van der Waals surface area contributed by atoms with Crippen LogP contribution in [0.1, 0.15) is 37.0 Å². The van der Waals surface area contributed by atoms with E-state index in [-0.39, 0.29) is 18.4 Å². The van der Waals surface area contributed by atoms with Crippen molar-refractivity contribution in [2.24, 2.45) is 0 Å². The minimum atomic E-state index is -0.582. The number of aryl methyl sites for hydroxylation is 2. The summed E-state index contributed by atoms with van der Waals surface area (Å²) < 4.78 is 5.65. The second kappa shape index (κ2) is 10.5. The lowest BCUT2D eigenvalue weighted by atomic mass is 10.1. The Balaban J connectivity index is 2.12. The zero-order chi connectivity index (χ0) is 20.5. The van der Waals surface area contributed by atoms with Crippen LogP contribution in [0.2, 0.25) is 0 Å². The molecule has 0 bridgehead atoms. The van der Waals surface area contributed by atoms with Crippen LogP contribution >= 0.6 is 0 Å². The van der Waals surface area contributed by atoms with Crippen LogP contribution in [-0.4, -0.2) is 35.9 Å². The van der Waals surface area contributed by atoms with Crippen molar-refractivity contribution in [3.8, 4) is 5.75 Å². The van der Waals surface area contributed by atoms with E-state index in [0.29, 0.717) is 18.8 Å². The maximum atomic E-state index is 12.9. The van der Waals surface area contributed by atoms with Crippen LogP contribution < -0.4 is 10.1 Å². The van der Waals surface area contributed by atoms with E-state index >= 15 is 0 Å². The predicted molar refractivity (Wildman–Crippen MR) is 111 cm³/mol. The number of benzene rings is 2. The summed E-state index contributed by atoms with van der Waals surface area (Å²) in [5.41, 5.74) is 3.23. The third kappa shape index (κ3) is 6.41. The first kappa shape index (κ1) is 21.5. The third-order valence-corrected chi connectivity index (χ3v) is 4.54. The van der Waals surface area contributed by atoms with Gasteiger partial charge in [-0.1, -0.05) is 54.4 Å². The summed E-state index contributed by atoms with van der Waals surface area (Å²) in [4.78, 5) is 27.0. The molecule has 0 saturated heterocycles. The molecule has 0 aromatic heterocycles. The quantitative estimate of drug-likeness (QED) is 0.721. The maximum absolute atomic E-state index is 12.9. The first-order chi connectivity index (χ1) is 13.4. The molecule has 0 radical (unpaired) electrons. The molecule has 0 heterocycles. The van der Waals surface area contributed by atoms with E-state index < -0.39 is 6.04 Å². The van der Waals surface area contributed by atoms with E-state index in [2.05, 4.69) is 5.32 Å². The van der Waals surface area contributed by atoms with Gasteiger partial charge in [-0.25, -0.2) is 0 Å². The average Bonchev–Trinajstić information content (AvgIpc) is 2.69. The number of hydrogen-bond acceptors (Lipinski definition) is 3. The normalized spacial score (nSPS) is 11.6. The second-order valence-corrected chi connectivity index (χ2v) is 7.08. The molecule has 1 unspecified atom stereocenters. The number of ether oxygens (including phenoxy) is 1. The number of carbonyl (C=O) groups is 2. The molecule has 0 fully saturated rings. The van der Waals surface area contributed by atoms with Crippen LogP contribution in [0.3, 0.4) is 0 Å². The van der Waals surface area contributed by atoms with Gasteiger partial charge in [0.15, 0.2) is 6.61 Å². The molecule has 0 spiro atoms. The highest BCUT2D eigenvalue weighted by Crippen LogP contribution is 2.14. The highest BCUT2D eigenvalue weighted by atomic mass is 16.5. The van der Waals surface area contributed by atoms with Crippen molar-refractivity contribution < 1.29 is 14.3 Å². The monoisotopic (exact) mass is 382 g/mol. The van der Waals surface area contributed by atoms with E-state index in [4.69, 9.17) is 4.74 Å². The van der Waals surface area contributed by atoms with Crippen LogP contribution in [0.15, 0.2) is 48.5 Å². The van der Waals surface area contributed by atoms with Crippen LogP contribution in [0.25, 0.3) is 0 Å². The Kier molecular flexibility index (Phi) is 8.05. The number of nitrogens with zero attached hydrogens (tertiary/aromatic N) is 1. The maximum Gasteiger partial charge on any atom is 0.261 e. The fourth-order valence-corrected chi connectivity index (χ4v) is 2.85. The Morgan fingerprint density at radius 2 is 1.79 bits per heavy atom. The van der Waals surface area contributed by atoms with Gasteiger partial charge in [-0.05, 0) is 44.9 Å². The summed E-state index contributed by atoms with van der Waals surface area (Å²) in [5, 5.41) is 2.87. The molecule has 1 atom stereocenters. The summed E-state index contributed by atoms with van der Waals surface area (Å²) >= 11 is 0. The van der Waals surface area contributed by atoms with Gasteiger partial charge >= 0.3 is 0 Å². The van der Waals surface area contributed by atoms with Gasteiger partial charge in [0.05, 0.1) is 0 Å². The second-order valence-electron chi connectivity index (χ2n) is 7.08. The summed E-state index contributed by atoms with van der Waals surface area (Å²) in [5.74, 6) is 0.261. The molecule has 5 nitrogen and oxygen atoms in total. The minimum Gasteiger partial charge on any atom is -0.484 e. The Bertz CT molecular complexity index is 787.